The molecule has 3 rings (SSSR count). The molecule has 2 N–H and O–H groups in total. The lowest BCUT2D eigenvalue weighted by atomic mass is 9.91. The third kappa shape index (κ3) is 3.66. The molecule has 1 aromatic carbocycles. The van der Waals surface area contributed by atoms with Crippen LogP contribution in [0.1, 0.15) is 39.5 Å². The zero-order chi connectivity index (χ0) is 16.4. The molecule has 1 saturated heterocycles. The monoisotopic (exact) mass is 315 g/mol. The van der Waals surface area contributed by atoms with Crippen LogP contribution >= 0.6 is 0 Å². The van der Waals surface area contributed by atoms with Gasteiger partial charge in [0.1, 0.15) is 5.41 Å². The number of anilines is 2. The molecule has 2 fully saturated rings. The Labute approximate surface area is 137 Å². The molecule has 2 amide bonds. The average molecular weight is 315 g/mol. The number of hydrogen-bond acceptors (Lipinski definition) is 3. The van der Waals surface area contributed by atoms with Crippen molar-refractivity contribution in [2.75, 3.05) is 23.3 Å². The Balaban J connectivity index is 1.60. The summed E-state index contributed by atoms with van der Waals surface area (Å²) in [6.45, 7) is 5.53. The van der Waals surface area contributed by atoms with E-state index in [0.29, 0.717) is 0 Å². The molecule has 1 aliphatic heterocycles. The topological polar surface area (TPSA) is 61.4 Å². The van der Waals surface area contributed by atoms with Crippen LogP contribution < -0.4 is 15.5 Å². The third-order valence-corrected chi connectivity index (χ3v) is 4.64. The van der Waals surface area contributed by atoms with Gasteiger partial charge in [0.25, 0.3) is 0 Å². The summed E-state index contributed by atoms with van der Waals surface area (Å²) in [5, 5.41) is 5.76. The molecule has 1 aliphatic carbocycles. The molecule has 5 nitrogen and oxygen atoms in total. The Kier molecular flexibility index (Phi) is 4.28. The van der Waals surface area contributed by atoms with E-state index in [4.69, 9.17) is 0 Å². The molecular formula is C18H25N3O2. The smallest absolute Gasteiger partial charge is 0.239 e. The maximum Gasteiger partial charge on any atom is 0.239 e. The van der Waals surface area contributed by atoms with Crippen LogP contribution in [0.3, 0.4) is 0 Å². The Hall–Kier alpha value is -2.04. The second-order valence-corrected chi connectivity index (χ2v) is 7.07. The zero-order valence-corrected chi connectivity index (χ0v) is 13.9. The van der Waals surface area contributed by atoms with E-state index in [-0.39, 0.29) is 17.9 Å². The van der Waals surface area contributed by atoms with Crippen LogP contribution in [0.4, 0.5) is 11.4 Å². The van der Waals surface area contributed by atoms with Gasteiger partial charge in [0.15, 0.2) is 0 Å². The highest BCUT2D eigenvalue weighted by Gasteiger charge is 2.38. The Morgan fingerprint density at radius 2 is 1.65 bits per heavy atom. The van der Waals surface area contributed by atoms with Gasteiger partial charge in [-0.15, -0.1) is 0 Å². The fraction of sp³-hybridized carbons (Fsp3) is 0.556. The first kappa shape index (κ1) is 15.8. The number of carbonyl (C=O) groups is 2. The van der Waals surface area contributed by atoms with Gasteiger partial charge in [-0.05, 0) is 63.8 Å². The van der Waals surface area contributed by atoms with E-state index in [1.807, 2.05) is 24.3 Å². The zero-order valence-electron chi connectivity index (χ0n) is 13.9. The van der Waals surface area contributed by atoms with Crippen molar-refractivity contribution in [2.24, 2.45) is 5.41 Å². The number of benzene rings is 1. The third-order valence-electron chi connectivity index (χ3n) is 4.64. The van der Waals surface area contributed by atoms with E-state index in [1.165, 1.54) is 18.5 Å². The highest BCUT2D eigenvalue weighted by atomic mass is 16.2. The summed E-state index contributed by atoms with van der Waals surface area (Å²) in [4.78, 5) is 27.0. The molecule has 0 atom stereocenters. The summed E-state index contributed by atoms with van der Waals surface area (Å²) in [7, 11) is 0. The second kappa shape index (κ2) is 6.22. The van der Waals surface area contributed by atoms with E-state index >= 15 is 0 Å². The Bertz CT molecular complexity index is 585. The summed E-state index contributed by atoms with van der Waals surface area (Å²) < 4.78 is 0. The molecule has 1 heterocycles. The van der Waals surface area contributed by atoms with Crippen molar-refractivity contribution in [3.63, 3.8) is 0 Å². The molecule has 23 heavy (non-hydrogen) atoms. The van der Waals surface area contributed by atoms with Crippen LogP contribution in [0.15, 0.2) is 24.3 Å². The van der Waals surface area contributed by atoms with Gasteiger partial charge < -0.3 is 15.5 Å². The van der Waals surface area contributed by atoms with Crippen molar-refractivity contribution in [1.82, 2.24) is 5.32 Å². The minimum Gasteiger partial charge on any atom is -0.372 e. The van der Waals surface area contributed by atoms with Crippen LogP contribution in [0.5, 0.6) is 0 Å². The first-order valence-electron chi connectivity index (χ1n) is 8.44. The van der Waals surface area contributed by atoms with Crippen LogP contribution in [0, 0.1) is 5.41 Å². The summed E-state index contributed by atoms with van der Waals surface area (Å²) in [5.74, 6) is -0.476. The van der Waals surface area contributed by atoms with Crippen molar-refractivity contribution in [2.45, 2.75) is 45.6 Å². The van der Waals surface area contributed by atoms with Gasteiger partial charge in [-0.1, -0.05) is 0 Å². The SMILES string of the molecule is CC(C)(C(=O)Nc1ccc(N2CCCC2)cc1)C(=O)NC1CC1. The van der Waals surface area contributed by atoms with Gasteiger partial charge in [0.05, 0.1) is 0 Å². The van der Waals surface area contributed by atoms with Crippen LogP contribution in [-0.2, 0) is 9.59 Å². The predicted molar refractivity (Wildman–Crippen MR) is 91.5 cm³/mol. The molecule has 5 heteroatoms. The van der Waals surface area contributed by atoms with E-state index in [1.54, 1.807) is 13.8 Å². The van der Waals surface area contributed by atoms with Gasteiger partial charge in [-0.25, -0.2) is 0 Å². The van der Waals surface area contributed by atoms with Crippen molar-refractivity contribution in [3.05, 3.63) is 24.3 Å². The first-order valence-corrected chi connectivity index (χ1v) is 8.44. The molecule has 1 aromatic rings. The average Bonchev–Trinajstić information content (AvgIpc) is 3.17. The number of amides is 2. The second-order valence-electron chi connectivity index (χ2n) is 7.07. The van der Waals surface area contributed by atoms with E-state index in [0.717, 1.165) is 31.6 Å². The van der Waals surface area contributed by atoms with Gasteiger partial charge >= 0.3 is 0 Å². The normalized spacial score (nSPS) is 17.9. The lowest BCUT2D eigenvalue weighted by molar-refractivity contribution is -0.138. The van der Waals surface area contributed by atoms with Gasteiger partial charge in [0, 0.05) is 30.5 Å². The largest absolute Gasteiger partial charge is 0.372 e. The predicted octanol–water partition coefficient (Wildman–Crippen LogP) is 2.53. The van der Waals surface area contributed by atoms with Gasteiger partial charge in [-0.3, -0.25) is 9.59 Å². The highest BCUT2D eigenvalue weighted by Crippen LogP contribution is 2.25. The van der Waals surface area contributed by atoms with Crippen molar-refractivity contribution >= 4 is 23.2 Å². The molecule has 0 aromatic heterocycles. The maximum atomic E-state index is 12.4. The summed E-state index contributed by atoms with van der Waals surface area (Å²) >= 11 is 0. The molecule has 1 saturated carbocycles. The standard InChI is InChI=1S/C18H25N3O2/c1-18(2,16(22)19-13-5-6-13)17(23)20-14-7-9-15(10-8-14)21-11-3-4-12-21/h7-10,13H,3-6,11-12H2,1-2H3,(H,19,22)(H,20,23). The number of carbonyl (C=O) groups excluding carboxylic acids is 2. The lowest BCUT2D eigenvalue weighted by Gasteiger charge is -2.23. The summed E-state index contributed by atoms with van der Waals surface area (Å²) in [5.41, 5.74) is 0.840. The molecule has 2 aliphatic rings. The Morgan fingerprint density at radius 3 is 2.22 bits per heavy atom. The van der Waals surface area contributed by atoms with E-state index < -0.39 is 5.41 Å². The van der Waals surface area contributed by atoms with Gasteiger partial charge in [0.2, 0.25) is 11.8 Å². The fourth-order valence-corrected chi connectivity index (χ4v) is 2.71. The molecule has 0 spiro atoms. The molecular weight excluding hydrogens is 290 g/mol. The van der Waals surface area contributed by atoms with Crippen LogP contribution in [0.25, 0.3) is 0 Å². The summed E-state index contributed by atoms with van der Waals surface area (Å²) in [6, 6.07) is 8.12. The minimum absolute atomic E-state index is 0.203. The quantitative estimate of drug-likeness (QED) is 0.821. The Morgan fingerprint density at radius 1 is 1.04 bits per heavy atom. The lowest BCUT2D eigenvalue weighted by Crippen LogP contribution is -2.45. The molecule has 0 unspecified atom stereocenters. The van der Waals surface area contributed by atoms with Crippen LogP contribution in [-0.4, -0.2) is 30.9 Å². The van der Waals surface area contributed by atoms with Crippen LogP contribution in [0.2, 0.25) is 0 Å². The van der Waals surface area contributed by atoms with Crippen molar-refractivity contribution in [3.8, 4) is 0 Å². The van der Waals surface area contributed by atoms with E-state index in [9.17, 15) is 9.59 Å². The molecule has 0 bridgehead atoms. The summed E-state index contributed by atoms with van der Waals surface area (Å²) in [6.07, 6.45) is 4.51. The molecule has 0 radical (unpaired) electrons. The fourth-order valence-electron chi connectivity index (χ4n) is 2.71. The maximum absolute atomic E-state index is 12.4. The van der Waals surface area contributed by atoms with E-state index in [2.05, 4.69) is 15.5 Å². The minimum atomic E-state index is -1.07. The number of hydrogen-bond donors (Lipinski definition) is 2. The highest BCUT2D eigenvalue weighted by molar-refractivity contribution is 6.10. The first-order chi connectivity index (χ1) is 11.0. The van der Waals surface area contributed by atoms with Gasteiger partial charge in [-0.2, -0.15) is 0 Å². The van der Waals surface area contributed by atoms with Crippen molar-refractivity contribution < 1.29 is 9.59 Å². The number of nitrogens with zero attached hydrogens (tertiary/aromatic N) is 1. The number of nitrogens with one attached hydrogen (secondary N) is 2. The molecule has 124 valence electrons. The van der Waals surface area contributed by atoms with Crippen molar-refractivity contribution in [1.29, 1.82) is 0 Å². The number of rotatable bonds is 5.